The lowest BCUT2D eigenvalue weighted by molar-refractivity contribution is -0.0305. The second-order valence-electron chi connectivity index (χ2n) is 4.39. The fourth-order valence-electron chi connectivity index (χ4n) is 2.20. The number of aliphatic hydroxyl groups is 1. The first-order valence-electron chi connectivity index (χ1n) is 5.78. The monoisotopic (exact) mass is 300 g/mol. The van der Waals surface area contributed by atoms with Crippen molar-refractivity contribution < 1.29 is 14.6 Å². The van der Waals surface area contributed by atoms with Crippen LogP contribution in [0.5, 0.6) is 5.75 Å². The molecule has 1 N–H and O–H groups in total. The van der Waals surface area contributed by atoms with Crippen LogP contribution in [0.2, 0.25) is 0 Å². The van der Waals surface area contributed by atoms with Crippen molar-refractivity contribution >= 4 is 15.9 Å². The molecule has 0 saturated carbocycles. The van der Waals surface area contributed by atoms with Crippen molar-refractivity contribution in [3.05, 3.63) is 28.2 Å². The Hall–Kier alpha value is -0.580. The molecule has 0 aliphatic carbocycles. The molecule has 0 spiro atoms. The molecule has 0 amide bonds. The molecule has 1 aromatic rings. The van der Waals surface area contributed by atoms with Crippen LogP contribution in [-0.2, 0) is 4.74 Å². The van der Waals surface area contributed by atoms with Gasteiger partial charge in [0.05, 0.1) is 19.3 Å². The minimum absolute atomic E-state index is 0.131. The van der Waals surface area contributed by atoms with Gasteiger partial charge >= 0.3 is 0 Å². The molecule has 94 valence electrons. The van der Waals surface area contributed by atoms with Gasteiger partial charge in [0.2, 0.25) is 0 Å². The van der Waals surface area contributed by atoms with Crippen LogP contribution >= 0.6 is 15.9 Å². The molecule has 3 atom stereocenters. The van der Waals surface area contributed by atoms with Crippen molar-refractivity contribution in [1.29, 1.82) is 0 Å². The minimum Gasteiger partial charge on any atom is -0.496 e. The van der Waals surface area contributed by atoms with Gasteiger partial charge in [-0.25, -0.2) is 0 Å². The number of benzene rings is 1. The molecule has 0 radical (unpaired) electrons. The van der Waals surface area contributed by atoms with Crippen LogP contribution < -0.4 is 4.74 Å². The van der Waals surface area contributed by atoms with Crippen molar-refractivity contribution in [3.63, 3.8) is 0 Å². The molecule has 1 aliphatic rings. The van der Waals surface area contributed by atoms with Gasteiger partial charge in [-0.3, -0.25) is 0 Å². The summed E-state index contributed by atoms with van der Waals surface area (Å²) in [4.78, 5) is 0. The van der Waals surface area contributed by atoms with Crippen molar-refractivity contribution in [3.8, 4) is 5.75 Å². The predicted molar refractivity (Wildman–Crippen MR) is 69.2 cm³/mol. The molecule has 4 heteroatoms. The van der Waals surface area contributed by atoms with Gasteiger partial charge in [-0.1, -0.05) is 15.9 Å². The van der Waals surface area contributed by atoms with Gasteiger partial charge in [0.1, 0.15) is 11.9 Å². The summed E-state index contributed by atoms with van der Waals surface area (Å²) in [5, 5.41) is 10.3. The van der Waals surface area contributed by atoms with Crippen molar-refractivity contribution in [2.45, 2.75) is 38.1 Å². The first-order chi connectivity index (χ1) is 8.11. The standard InChI is InChI=1S/C13H17BrO3/c1-8-3-5-12(17-8)13(15)10-7-9(14)4-6-11(10)16-2/h4,6-8,12-13,15H,3,5H2,1-2H3. The summed E-state index contributed by atoms with van der Waals surface area (Å²) in [6, 6.07) is 5.63. The third-order valence-corrected chi connectivity index (χ3v) is 3.62. The van der Waals surface area contributed by atoms with E-state index in [4.69, 9.17) is 9.47 Å². The molecule has 1 aromatic carbocycles. The Labute approximate surface area is 110 Å². The van der Waals surface area contributed by atoms with E-state index >= 15 is 0 Å². The van der Waals surface area contributed by atoms with Crippen molar-refractivity contribution in [2.75, 3.05) is 7.11 Å². The molecule has 1 fully saturated rings. The molecule has 17 heavy (non-hydrogen) atoms. The van der Waals surface area contributed by atoms with Gasteiger partial charge in [0, 0.05) is 10.0 Å². The normalized spacial score (nSPS) is 25.9. The molecule has 3 nitrogen and oxygen atoms in total. The van der Waals surface area contributed by atoms with E-state index in [2.05, 4.69) is 15.9 Å². The van der Waals surface area contributed by atoms with Gasteiger partial charge in [0.25, 0.3) is 0 Å². The number of hydrogen-bond donors (Lipinski definition) is 1. The Morgan fingerprint density at radius 3 is 2.82 bits per heavy atom. The average Bonchev–Trinajstić information content (AvgIpc) is 2.75. The summed E-state index contributed by atoms with van der Waals surface area (Å²) in [6.45, 7) is 2.03. The highest BCUT2D eigenvalue weighted by atomic mass is 79.9. The molecule has 1 aliphatic heterocycles. The zero-order chi connectivity index (χ0) is 12.4. The number of ether oxygens (including phenoxy) is 2. The van der Waals surface area contributed by atoms with Crippen LogP contribution in [-0.4, -0.2) is 24.4 Å². The molecule has 2 rings (SSSR count). The lowest BCUT2D eigenvalue weighted by Crippen LogP contribution is -2.19. The van der Waals surface area contributed by atoms with Crippen LogP contribution in [0, 0.1) is 0 Å². The Morgan fingerprint density at radius 1 is 1.47 bits per heavy atom. The number of rotatable bonds is 3. The molecular formula is C13H17BrO3. The van der Waals surface area contributed by atoms with Crippen LogP contribution in [0.15, 0.2) is 22.7 Å². The first-order valence-corrected chi connectivity index (χ1v) is 6.58. The van der Waals surface area contributed by atoms with E-state index in [-0.39, 0.29) is 12.2 Å². The Bertz CT molecular complexity index is 394. The second-order valence-corrected chi connectivity index (χ2v) is 5.31. The van der Waals surface area contributed by atoms with E-state index in [1.807, 2.05) is 25.1 Å². The lowest BCUT2D eigenvalue weighted by atomic mass is 10.0. The van der Waals surface area contributed by atoms with E-state index in [9.17, 15) is 5.11 Å². The Kier molecular flexibility index (Phi) is 4.07. The maximum Gasteiger partial charge on any atom is 0.124 e. The molecule has 0 aromatic heterocycles. The lowest BCUT2D eigenvalue weighted by Gasteiger charge is -2.21. The summed E-state index contributed by atoms with van der Waals surface area (Å²) < 4.78 is 11.9. The summed E-state index contributed by atoms with van der Waals surface area (Å²) in [6.07, 6.45) is 1.35. The number of hydrogen-bond acceptors (Lipinski definition) is 3. The van der Waals surface area contributed by atoms with Crippen molar-refractivity contribution in [1.82, 2.24) is 0 Å². The fraction of sp³-hybridized carbons (Fsp3) is 0.538. The van der Waals surface area contributed by atoms with E-state index in [1.54, 1.807) is 7.11 Å². The maximum atomic E-state index is 10.3. The van der Waals surface area contributed by atoms with E-state index in [1.165, 1.54) is 0 Å². The Balaban J connectivity index is 2.23. The molecular weight excluding hydrogens is 284 g/mol. The summed E-state index contributed by atoms with van der Waals surface area (Å²) in [5.74, 6) is 0.698. The summed E-state index contributed by atoms with van der Waals surface area (Å²) in [5.41, 5.74) is 0.779. The zero-order valence-electron chi connectivity index (χ0n) is 10.0. The molecule has 1 saturated heterocycles. The number of halogens is 1. The Morgan fingerprint density at radius 2 is 2.24 bits per heavy atom. The van der Waals surface area contributed by atoms with Gasteiger partial charge in [-0.15, -0.1) is 0 Å². The first kappa shape index (κ1) is 12.9. The predicted octanol–water partition coefficient (Wildman–Crippen LogP) is 3.06. The van der Waals surface area contributed by atoms with Gasteiger partial charge < -0.3 is 14.6 Å². The summed E-state index contributed by atoms with van der Waals surface area (Å²) in [7, 11) is 1.61. The van der Waals surface area contributed by atoms with E-state index < -0.39 is 6.10 Å². The van der Waals surface area contributed by atoms with Crippen LogP contribution in [0.1, 0.15) is 31.4 Å². The van der Waals surface area contributed by atoms with Crippen LogP contribution in [0.4, 0.5) is 0 Å². The van der Waals surface area contributed by atoms with Gasteiger partial charge in [-0.2, -0.15) is 0 Å². The third-order valence-electron chi connectivity index (χ3n) is 3.13. The van der Waals surface area contributed by atoms with Gasteiger partial charge in [0.15, 0.2) is 0 Å². The second kappa shape index (κ2) is 5.38. The number of aliphatic hydroxyl groups excluding tert-OH is 1. The number of methoxy groups -OCH3 is 1. The van der Waals surface area contributed by atoms with Crippen molar-refractivity contribution in [2.24, 2.45) is 0 Å². The summed E-state index contributed by atoms with van der Waals surface area (Å²) >= 11 is 3.41. The van der Waals surface area contributed by atoms with E-state index in [0.717, 1.165) is 22.9 Å². The molecule has 0 bridgehead atoms. The fourth-order valence-corrected chi connectivity index (χ4v) is 2.58. The molecule has 1 heterocycles. The topological polar surface area (TPSA) is 38.7 Å². The van der Waals surface area contributed by atoms with E-state index in [0.29, 0.717) is 5.75 Å². The largest absolute Gasteiger partial charge is 0.496 e. The average molecular weight is 301 g/mol. The third kappa shape index (κ3) is 2.81. The SMILES string of the molecule is COc1ccc(Br)cc1C(O)C1CCC(C)O1. The zero-order valence-corrected chi connectivity index (χ0v) is 11.6. The quantitative estimate of drug-likeness (QED) is 0.932. The minimum atomic E-state index is -0.632. The highest BCUT2D eigenvalue weighted by molar-refractivity contribution is 9.10. The maximum absolute atomic E-state index is 10.3. The molecule has 3 unspecified atom stereocenters. The van der Waals surface area contributed by atoms with Gasteiger partial charge in [-0.05, 0) is 38.0 Å². The highest BCUT2D eigenvalue weighted by Crippen LogP contribution is 2.35. The highest BCUT2D eigenvalue weighted by Gasteiger charge is 2.30. The van der Waals surface area contributed by atoms with Crippen LogP contribution in [0.3, 0.4) is 0 Å². The smallest absolute Gasteiger partial charge is 0.124 e. The van der Waals surface area contributed by atoms with Crippen LogP contribution in [0.25, 0.3) is 0 Å².